The number of esters is 1. The van der Waals surface area contributed by atoms with Gasteiger partial charge < -0.3 is 30.2 Å². The number of aliphatic hydroxyl groups excluding tert-OH is 2. The molecular weight excluding hydrogens is 536 g/mol. The maximum atomic E-state index is 13.4. The van der Waals surface area contributed by atoms with Crippen LogP contribution in [0.15, 0.2) is 47.5 Å². The molecule has 1 unspecified atom stereocenters. The summed E-state index contributed by atoms with van der Waals surface area (Å²) in [5.41, 5.74) is 7.56. The predicted octanol–water partition coefficient (Wildman–Crippen LogP) is 1.86. The molecule has 0 bridgehead atoms. The van der Waals surface area contributed by atoms with E-state index in [0.717, 1.165) is 5.56 Å². The Kier molecular flexibility index (Phi) is 7.56. The second kappa shape index (κ2) is 10.9. The number of nitrogen functional groups attached to an aromatic ring is 1. The van der Waals surface area contributed by atoms with Gasteiger partial charge >= 0.3 is 5.97 Å². The highest BCUT2D eigenvalue weighted by atomic mass is 35.5. The van der Waals surface area contributed by atoms with Gasteiger partial charge in [-0.15, -0.1) is 11.3 Å². The number of thiazole rings is 1. The van der Waals surface area contributed by atoms with Crippen molar-refractivity contribution >= 4 is 45.9 Å². The normalized spacial score (nSPS) is 22.9. The number of nitrogens with zero attached hydrogens (tertiary/aromatic N) is 5. The highest BCUT2D eigenvalue weighted by Crippen LogP contribution is 2.36. The summed E-state index contributed by atoms with van der Waals surface area (Å²) in [7, 11) is 0. The third kappa shape index (κ3) is 4.84. The fourth-order valence-corrected chi connectivity index (χ4v) is 5.20. The van der Waals surface area contributed by atoms with Crippen molar-refractivity contribution in [3.05, 3.63) is 64.1 Å². The van der Waals surface area contributed by atoms with Gasteiger partial charge in [0.25, 0.3) is 0 Å². The molecule has 14 heteroatoms. The van der Waals surface area contributed by atoms with Crippen molar-refractivity contribution in [3.63, 3.8) is 0 Å². The number of anilines is 1. The van der Waals surface area contributed by atoms with Crippen molar-refractivity contribution in [1.29, 1.82) is 0 Å². The lowest BCUT2D eigenvalue weighted by Gasteiger charge is -2.31. The van der Waals surface area contributed by atoms with Crippen LogP contribution in [-0.2, 0) is 31.0 Å². The minimum absolute atomic E-state index is 0.0649. The molecule has 0 spiro atoms. The first-order valence-corrected chi connectivity index (χ1v) is 13.1. The molecule has 1 fully saturated rings. The van der Waals surface area contributed by atoms with Crippen LogP contribution in [0.4, 0.5) is 5.82 Å². The number of fused-ring (bicyclic) bond motifs is 1. The minimum atomic E-state index is -1.61. The van der Waals surface area contributed by atoms with Crippen LogP contribution in [0, 0.1) is 0 Å². The Hall–Kier alpha value is -3.20. The van der Waals surface area contributed by atoms with E-state index >= 15 is 0 Å². The summed E-state index contributed by atoms with van der Waals surface area (Å²) in [5, 5.41) is 23.3. The van der Waals surface area contributed by atoms with Crippen LogP contribution in [0.25, 0.3) is 11.2 Å². The van der Waals surface area contributed by atoms with Gasteiger partial charge in [-0.25, -0.2) is 14.8 Å². The van der Waals surface area contributed by atoms with Gasteiger partial charge in [-0.05, 0) is 24.1 Å². The number of imidazole rings is 1. The molecule has 38 heavy (non-hydrogen) atoms. The van der Waals surface area contributed by atoms with Crippen molar-refractivity contribution < 1.29 is 29.2 Å². The van der Waals surface area contributed by atoms with Crippen LogP contribution in [0.3, 0.4) is 0 Å². The Bertz CT molecular complexity index is 1410. The first-order valence-electron chi connectivity index (χ1n) is 11.7. The second-order valence-electron chi connectivity index (χ2n) is 8.64. The monoisotopic (exact) mass is 560 g/mol. The van der Waals surface area contributed by atoms with E-state index in [9.17, 15) is 15.0 Å². The van der Waals surface area contributed by atoms with E-state index < -0.39 is 36.1 Å². The lowest BCUT2D eigenvalue weighted by Crippen LogP contribution is -2.45. The number of ether oxygens (including phenoxy) is 3. The average Bonchev–Trinajstić information content (AvgIpc) is 3.64. The maximum absolute atomic E-state index is 13.4. The molecule has 0 saturated carbocycles. The maximum Gasteiger partial charge on any atom is 0.345 e. The Balaban J connectivity index is 1.44. The third-order valence-corrected chi connectivity index (χ3v) is 7.03. The smallest absolute Gasteiger partial charge is 0.345 e. The van der Waals surface area contributed by atoms with Crippen LogP contribution in [-0.4, -0.2) is 72.2 Å². The molecule has 200 valence electrons. The Morgan fingerprint density at radius 3 is 2.74 bits per heavy atom. The third-order valence-electron chi connectivity index (χ3n) is 6.27. The quantitative estimate of drug-likeness (QED) is 0.202. The van der Waals surface area contributed by atoms with Gasteiger partial charge in [0.1, 0.15) is 23.8 Å². The minimum Gasteiger partial charge on any atom is -0.464 e. The van der Waals surface area contributed by atoms with Crippen LogP contribution in [0.1, 0.15) is 24.4 Å². The molecule has 1 saturated heterocycles. The molecule has 12 nitrogen and oxygen atoms in total. The summed E-state index contributed by atoms with van der Waals surface area (Å²) < 4.78 is 19.1. The van der Waals surface area contributed by atoms with Crippen molar-refractivity contribution in [2.75, 3.05) is 18.9 Å². The molecule has 1 aromatic carbocycles. The fraction of sp³-hybridized carbons (Fsp3) is 0.375. The number of nitrogens with two attached hydrogens (primary N) is 1. The van der Waals surface area contributed by atoms with Gasteiger partial charge in [0.15, 0.2) is 17.7 Å². The number of aromatic nitrogens is 5. The number of carbonyl (C=O) groups is 1. The molecule has 4 aromatic rings. The topological polar surface area (TPSA) is 168 Å². The van der Waals surface area contributed by atoms with E-state index in [1.54, 1.807) is 17.8 Å². The Labute approximate surface area is 226 Å². The van der Waals surface area contributed by atoms with Gasteiger partial charge in [0, 0.05) is 11.8 Å². The molecule has 5 atom stereocenters. The summed E-state index contributed by atoms with van der Waals surface area (Å²) in [4.78, 5) is 29.9. The van der Waals surface area contributed by atoms with Crippen LogP contribution in [0.2, 0.25) is 5.28 Å². The van der Waals surface area contributed by atoms with E-state index in [1.165, 1.54) is 22.2 Å². The molecular formula is C24H25ClN6O6S. The molecule has 1 aliphatic rings. The summed E-state index contributed by atoms with van der Waals surface area (Å²) in [5.74, 6) is -0.558. The summed E-state index contributed by atoms with van der Waals surface area (Å²) in [6.07, 6.45) is -3.35. The van der Waals surface area contributed by atoms with Crippen LogP contribution >= 0.6 is 22.9 Å². The van der Waals surface area contributed by atoms with Crippen LogP contribution in [0.5, 0.6) is 0 Å². The lowest BCUT2D eigenvalue weighted by molar-refractivity contribution is -0.182. The zero-order valence-corrected chi connectivity index (χ0v) is 21.7. The first-order chi connectivity index (χ1) is 18.3. The predicted molar refractivity (Wildman–Crippen MR) is 137 cm³/mol. The average molecular weight is 561 g/mol. The van der Waals surface area contributed by atoms with E-state index in [1.807, 2.05) is 30.3 Å². The molecule has 4 heterocycles. The molecule has 5 rings (SSSR count). The van der Waals surface area contributed by atoms with Gasteiger partial charge in [-0.3, -0.25) is 4.57 Å². The molecule has 0 aliphatic carbocycles. The van der Waals surface area contributed by atoms with E-state index in [0.29, 0.717) is 5.69 Å². The number of benzene rings is 1. The Morgan fingerprint density at radius 2 is 2.03 bits per heavy atom. The second-order valence-corrected chi connectivity index (χ2v) is 9.70. The zero-order valence-electron chi connectivity index (χ0n) is 20.2. The summed E-state index contributed by atoms with van der Waals surface area (Å²) in [6, 6.07) is 9.32. The van der Waals surface area contributed by atoms with E-state index in [2.05, 4.69) is 19.9 Å². The van der Waals surface area contributed by atoms with Crippen molar-refractivity contribution in [2.24, 2.45) is 0 Å². The molecule has 0 amide bonds. The number of carbonyl (C=O) groups excluding carboxylic acids is 1. The molecule has 4 N–H and O–H groups in total. The highest BCUT2D eigenvalue weighted by molar-refractivity contribution is 7.07. The van der Waals surface area contributed by atoms with E-state index in [4.69, 9.17) is 31.5 Å². The van der Waals surface area contributed by atoms with Crippen molar-refractivity contribution in [3.8, 4) is 0 Å². The van der Waals surface area contributed by atoms with Gasteiger partial charge in [-0.2, -0.15) is 9.97 Å². The molecule has 3 aromatic heterocycles. The zero-order chi connectivity index (χ0) is 26.9. The van der Waals surface area contributed by atoms with Gasteiger partial charge in [0.05, 0.1) is 30.7 Å². The molecule has 1 aliphatic heterocycles. The SMILES string of the molecule is CCOC(=O)C(Cc1ccccc1)(OC[C@H]1O[C@@H](n2cnc3c(N)nc(Cl)nc32)[C@H](O)[C@@H]1O)c1cscn1. The largest absolute Gasteiger partial charge is 0.464 e. The highest BCUT2D eigenvalue weighted by Gasteiger charge is 2.49. The number of rotatable bonds is 9. The van der Waals surface area contributed by atoms with E-state index in [-0.39, 0.29) is 41.9 Å². The standard InChI is InChI=1S/C24H25ClN6O6S/c1-2-35-22(34)24(15-10-38-12-28-15,8-13-6-4-3-5-7-13)36-9-14-17(32)18(33)21(37-14)31-11-27-16-19(26)29-23(25)30-20(16)31/h3-7,10-12,14,17-18,21,32-33H,2,8-9H2,1H3,(H2,26,29,30)/t14-,17-,18-,21-,24?/m1/s1. The molecule has 0 radical (unpaired) electrons. The summed E-state index contributed by atoms with van der Waals surface area (Å²) in [6.45, 7) is 1.57. The Morgan fingerprint density at radius 1 is 1.24 bits per heavy atom. The number of hydrogen-bond acceptors (Lipinski definition) is 12. The van der Waals surface area contributed by atoms with Crippen molar-refractivity contribution in [2.45, 2.75) is 43.5 Å². The number of hydrogen-bond donors (Lipinski definition) is 3. The first kappa shape index (κ1) is 26.4. The lowest BCUT2D eigenvalue weighted by atomic mass is 9.91. The van der Waals surface area contributed by atoms with Crippen molar-refractivity contribution in [1.82, 2.24) is 24.5 Å². The van der Waals surface area contributed by atoms with Crippen LogP contribution < -0.4 is 5.73 Å². The number of halogens is 1. The number of aliphatic hydroxyl groups is 2. The van der Waals surface area contributed by atoms with Gasteiger partial charge in [-0.1, -0.05) is 30.3 Å². The van der Waals surface area contributed by atoms with Gasteiger partial charge in [0.2, 0.25) is 10.9 Å². The fourth-order valence-electron chi connectivity index (χ4n) is 4.41. The summed E-state index contributed by atoms with van der Waals surface area (Å²) >= 11 is 7.27.